The van der Waals surface area contributed by atoms with E-state index in [1.807, 2.05) is 0 Å². The summed E-state index contributed by atoms with van der Waals surface area (Å²) in [6.45, 7) is 5.84. The summed E-state index contributed by atoms with van der Waals surface area (Å²) in [5, 5.41) is 6.46. The van der Waals surface area contributed by atoms with E-state index in [1.165, 1.54) is 12.1 Å². The summed E-state index contributed by atoms with van der Waals surface area (Å²) in [4.78, 5) is 6.53. The van der Waals surface area contributed by atoms with Crippen LogP contribution in [0.25, 0.3) is 0 Å². The van der Waals surface area contributed by atoms with Crippen molar-refractivity contribution >= 4 is 21.9 Å². The Morgan fingerprint density at radius 3 is 2.86 bits per heavy atom. The highest BCUT2D eigenvalue weighted by Crippen LogP contribution is 2.17. The first-order valence-electron chi connectivity index (χ1n) is 7.37. The first-order chi connectivity index (χ1) is 10.7. The van der Waals surface area contributed by atoms with Crippen molar-refractivity contribution in [2.75, 3.05) is 46.4 Å². The number of morpholine rings is 1. The number of aliphatic imine (C=N–C) groups is 1. The van der Waals surface area contributed by atoms with Gasteiger partial charge in [-0.2, -0.15) is 0 Å². The van der Waals surface area contributed by atoms with E-state index in [-0.39, 0.29) is 5.82 Å². The molecule has 0 atom stereocenters. The van der Waals surface area contributed by atoms with Crippen LogP contribution in [-0.2, 0) is 11.3 Å². The lowest BCUT2D eigenvalue weighted by atomic mass is 10.2. The first kappa shape index (κ1) is 17.2. The summed E-state index contributed by atoms with van der Waals surface area (Å²) >= 11 is 3.42. The second-order valence-electron chi connectivity index (χ2n) is 5.04. The van der Waals surface area contributed by atoms with Crippen molar-refractivity contribution in [1.82, 2.24) is 15.5 Å². The van der Waals surface area contributed by atoms with Crippen LogP contribution >= 0.6 is 15.9 Å². The van der Waals surface area contributed by atoms with Crippen LogP contribution in [0.5, 0.6) is 0 Å². The van der Waals surface area contributed by atoms with Gasteiger partial charge in [0.25, 0.3) is 0 Å². The number of hydrogen-bond acceptors (Lipinski definition) is 3. The Morgan fingerprint density at radius 1 is 1.36 bits per heavy atom. The van der Waals surface area contributed by atoms with E-state index in [1.54, 1.807) is 13.1 Å². The molecular weight excluding hydrogens is 351 g/mol. The number of nitrogens with zero attached hydrogens (tertiary/aromatic N) is 2. The monoisotopic (exact) mass is 372 g/mol. The Morgan fingerprint density at radius 2 is 2.14 bits per heavy atom. The maximum Gasteiger partial charge on any atom is 0.191 e. The molecule has 1 aromatic carbocycles. The molecule has 1 aromatic rings. The minimum Gasteiger partial charge on any atom is -0.379 e. The van der Waals surface area contributed by atoms with E-state index in [0.717, 1.165) is 49.4 Å². The predicted octanol–water partition coefficient (Wildman–Crippen LogP) is 1.59. The summed E-state index contributed by atoms with van der Waals surface area (Å²) in [5.41, 5.74) is 0.858. The summed E-state index contributed by atoms with van der Waals surface area (Å²) in [6, 6.07) is 4.65. The fraction of sp³-hybridized carbons (Fsp3) is 0.533. The van der Waals surface area contributed by atoms with Crippen LogP contribution < -0.4 is 10.6 Å². The maximum absolute atomic E-state index is 13.3. The molecule has 1 saturated heterocycles. The normalized spacial score (nSPS) is 16.6. The maximum atomic E-state index is 13.3. The van der Waals surface area contributed by atoms with Gasteiger partial charge in [0.1, 0.15) is 5.82 Å². The largest absolute Gasteiger partial charge is 0.379 e. The summed E-state index contributed by atoms with van der Waals surface area (Å²) in [6.07, 6.45) is 0. The SMILES string of the molecule is CN=C(NCCN1CCOCC1)NCc1cc(F)ccc1Br. The van der Waals surface area contributed by atoms with Crippen molar-refractivity contribution in [2.24, 2.45) is 4.99 Å². The molecule has 1 aliphatic heterocycles. The molecule has 0 spiro atoms. The van der Waals surface area contributed by atoms with Crippen LogP contribution in [0.3, 0.4) is 0 Å². The van der Waals surface area contributed by atoms with Crippen molar-refractivity contribution in [3.05, 3.63) is 34.1 Å². The highest BCUT2D eigenvalue weighted by molar-refractivity contribution is 9.10. The Labute approximate surface area is 139 Å². The molecule has 1 aliphatic rings. The van der Waals surface area contributed by atoms with E-state index in [2.05, 4.69) is 36.5 Å². The van der Waals surface area contributed by atoms with Gasteiger partial charge in [0.15, 0.2) is 5.96 Å². The molecule has 1 heterocycles. The second kappa shape index (κ2) is 9.07. The fourth-order valence-corrected chi connectivity index (χ4v) is 2.62. The van der Waals surface area contributed by atoms with Gasteiger partial charge in [0, 0.05) is 44.2 Å². The molecule has 0 amide bonds. The lowest BCUT2D eigenvalue weighted by molar-refractivity contribution is 0.0389. The summed E-state index contributed by atoms with van der Waals surface area (Å²) in [7, 11) is 1.73. The number of nitrogens with one attached hydrogen (secondary N) is 2. The van der Waals surface area contributed by atoms with Crippen molar-refractivity contribution in [2.45, 2.75) is 6.54 Å². The second-order valence-corrected chi connectivity index (χ2v) is 5.90. The van der Waals surface area contributed by atoms with Gasteiger partial charge >= 0.3 is 0 Å². The number of hydrogen-bond donors (Lipinski definition) is 2. The van der Waals surface area contributed by atoms with Gasteiger partial charge in [-0.3, -0.25) is 9.89 Å². The number of halogens is 2. The minimum absolute atomic E-state index is 0.240. The highest BCUT2D eigenvalue weighted by atomic mass is 79.9. The molecule has 0 bridgehead atoms. The van der Waals surface area contributed by atoms with Gasteiger partial charge in [-0.15, -0.1) is 0 Å². The van der Waals surface area contributed by atoms with E-state index in [9.17, 15) is 4.39 Å². The van der Waals surface area contributed by atoms with Crippen molar-refractivity contribution < 1.29 is 9.13 Å². The van der Waals surface area contributed by atoms with Gasteiger partial charge < -0.3 is 15.4 Å². The van der Waals surface area contributed by atoms with Crippen molar-refractivity contribution in [3.8, 4) is 0 Å². The van der Waals surface area contributed by atoms with Gasteiger partial charge in [-0.1, -0.05) is 15.9 Å². The molecular formula is C15H22BrFN4O. The van der Waals surface area contributed by atoms with E-state index in [0.29, 0.717) is 12.5 Å². The Kier molecular flexibility index (Phi) is 7.08. The Bertz CT molecular complexity index is 506. The molecule has 0 radical (unpaired) electrons. The molecule has 0 aromatic heterocycles. The number of ether oxygens (including phenoxy) is 1. The average Bonchev–Trinajstić information content (AvgIpc) is 2.54. The quantitative estimate of drug-likeness (QED) is 0.608. The molecule has 7 heteroatoms. The van der Waals surface area contributed by atoms with Gasteiger partial charge in [0.2, 0.25) is 0 Å². The third-order valence-corrected chi connectivity index (χ3v) is 4.28. The molecule has 0 aliphatic carbocycles. The van der Waals surface area contributed by atoms with E-state index < -0.39 is 0 Å². The molecule has 2 rings (SSSR count). The Balaban J connectivity index is 1.74. The molecule has 122 valence electrons. The fourth-order valence-electron chi connectivity index (χ4n) is 2.24. The van der Waals surface area contributed by atoms with E-state index >= 15 is 0 Å². The number of rotatable bonds is 5. The van der Waals surface area contributed by atoms with Crippen molar-refractivity contribution in [3.63, 3.8) is 0 Å². The standard InChI is InChI=1S/C15H22BrFN4O/c1-18-15(19-4-5-21-6-8-22-9-7-21)20-11-12-10-13(17)2-3-14(12)16/h2-3,10H,4-9,11H2,1H3,(H2,18,19,20). The zero-order chi connectivity index (χ0) is 15.8. The highest BCUT2D eigenvalue weighted by Gasteiger charge is 2.09. The minimum atomic E-state index is -0.240. The van der Waals surface area contributed by atoms with Crippen LogP contribution in [0.4, 0.5) is 4.39 Å². The summed E-state index contributed by atoms with van der Waals surface area (Å²) in [5.74, 6) is 0.472. The lowest BCUT2D eigenvalue weighted by Gasteiger charge is -2.26. The zero-order valence-corrected chi connectivity index (χ0v) is 14.3. The van der Waals surface area contributed by atoms with Crippen LogP contribution in [0.2, 0.25) is 0 Å². The average molecular weight is 373 g/mol. The molecule has 1 fully saturated rings. The van der Waals surface area contributed by atoms with Gasteiger partial charge in [-0.05, 0) is 23.8 Å². The zero-order valence-electron chi connectivity index (χ0n) is 12.7. The smallest absolute Gasteiger partial charge is 0.191 e. The molecule has 0 unspecified atom stereocenters. The van der Waals surface area contributed by atoms with Crippen LogP contribution in [0.15, 0.2) is 27.7 Å². The van der Waals surface area contributed by atoms with Gasteiger partial charge in [0.05, 0.1) is 13.2 Å². The van der Waals surface area contributed by atoms with Crippen LogP contribution in [0.1, 0.15) is 5.56 Å². The van der Waals surface area contributed by atoms with Gasteiger partial charge in [-0.25, -0.2) is 4.39 Å². The van der Waals surface area contributed by atoms with E-state index in [4.69, 9.17) is 4.74 Å². The van der Waals surface area contributed by atoms with Crippen LogP contribution in [0, 0.1) is 5.82 Å². The summed E-state index contributed by atoms with van der Waals surface area (Å²) < 4.78 is 19.5. The third kappa shape index (κ3) is 5.55. The predicted molar refractivity (Wildman–Crippen MR) is 89.6 cm³/mol. The van der Waals surface area contributed by atoms with Crippen LogP contribution in [-0.4, -0.2) is 57.3 Å². The number of guanidine groups is 1. The number of benzene rings is 1. The lowest BCUT2D eigenvalue weighted by Crippen LogP contribution is -2.44. The molecule has 0 saturated carbocycles. The van der Waals surface area contributed by atoms with Crippen molar-refractivity contribution in [1.29, 1.82) is 0 Å². The topological polar surface area (TPSA) is 48.9 Å². The molecule has 22 heavy (non-hydrogen) atoms. The third-order valence-electron chi connectivity index (χ3n) is 3.50. The Hall–Kier alpha value is -1.18. The molecule has 5 nitrogen and oxygen atoms in total. The first-order valence-corrected chi connectivity index (χ1v) is 8.17. The molecule has 2 N–H and O–H groups in total.